The van der Waals surface area contributed by atoms with E-state index in [1.165, 1.54) is 39.6 Å². The molecule has 2 aromatic carbocycles. The van der Waals surface area contributed by atoms with Gasteiger partial charge in [-0.1, -0.05) is 57.9 Å². The Kier molecular flexibility index (Phi) is 3.95. The summed E-state index contributed by atoms with van der Waals surface area (Å²) in [7, 11) is 0. The van der Waals surface area contributed by atoms with Crippen LogP contribution in [-0.4, -0.2) is 0 Å². The zero-order valence-electron chi connectivity index (χ0n) is 12.0. The molecule has 0 saturated heterocycles. The summed E-state index contributed by atoms with van der Waals surface area (Å²) < 4.78 is 1.18. The molecule has 1 N–H and O–H groups in total. The number of halogens is 1. The molecule has 0 bridgehead atoms. The van der Waals surface area contributed by atoms with Crippen LogP contribution in [0.2, 0.25) is 0 Å². The first kappa shape index (κ1) is 13.8. The summed E-state index contributed by atoms with van der Waals surface area (Å²) in [5.74, 6) is 0. The Morgan fingerprint density at radius 3 is 2.80 bits per heavy atom. The van der Waals surface area contributed by atoms with E-state index < -0.39 is 0 Å². The van der Waals surface area contributed by atoms with E-state index >= 15 is 0 Å². The maximum Gasteiger partial charge on any atom is 0.0331 e. The van der Waals surface area contributed by atoms with Gasteiger partial charge in [0.2, 0.25) is 0 Å². The molecule has 2 atom stereocenters. The molecule has 3 rings (SSSR count). The highest BCUT2D eigenvalue weighted by Gasteiger charge is 2.24. The third-order valence-electron chi connectivity index (χ3n) is 4.20. The van der Waals surface area contributed by atoms with Gasteiger partial charge in [0.25, 0.3) is 0 Å². The number of rotatable bonds is 3. The number of benzene rings is 2. The van der Waals surface area contributed by atoms with Gasteiger partial charge in [0.15, 0.2) is 0 Å². The summed E-state index contributed by atoms with van der Waals surface area (Å²) in [6, 6.07) is 16.1. The summed E-state index contributed by atoms with van der Waals surface area (Å²) in [6.45, 7) is 4.42. The van der Waals surface area contributed by atoms with Gasteiger partial charge in [0.05, 0.1) is 0 Å². The Balaban J connectivity index is 1.80. The van der Waals surface area contributed by atoms with E-state index in [0.717, 1.165) is 0 Å². The molecule has 0 aliphatic heterocycles. The van der Waals surface area contributed by atoms with Crippen molar-refractivity contribution in [3.8, 4) is 0 Å². The molecule has 2 aromatic rings. The normalized spacial score (nSPS) is 18.9. The Hall–Kier alpha value is -1.12. The third kappa shape index (κ3) is 2.68. The lowest BCUT2D eigenvalue weighted by atomic mass is 10.0. The van der Waals surface area contributed by atoms with Crippen molar-refractivity contribution in [2.24, 2.45) is 0 Å². The van der Waals surface area contributed by atoms with Crippen molar-refractivity contribution >= 4 is 15.9 Å². The van der Waals surface area contributed by atoms with E-state index in [9.17, 15) is 0 Å². The van der Waals surface area contributed by atoms with Crippen molar-refractivity contribution in [2.75, 3.05) is 0 Å². The van der Waals surface area contributed by atoms with Gasteiger partial charge in [-0.05, 0) is 49.4 Å². The minimum Gasteiger partial charge on any atom is -0.303 e. The molecule has 0 saturated carbocycles. The van der Waals surface area contributed by atoms with Crippen LogP contribution in [-0.2, 0) is 6.42 Å². The molecule has 0 fully saturated rings. The minimum atomic E-state index is 0.349. The van der Waals surface area contributed by atoms with E-state index in [1.807, 2.05) is 0 Å². The van der Waals surface area contributed by atoms with Crippen molar-refractivity contribution in [3.63, 3.8) is 0 Å². The minimum absolute atomic E-state index is 0.349. The molecule has 0 heterocycles. The lowest BCUT2D eigenvalue weighted by Crippen LogP contribution is -2.23. The third-order valence-corrected chi connectivity index (χ3v) is 4.92. The molecule has 1 nitrogen and oxygen atoms in total. The van der Waals surface area contributed by atoms with Gasteiger partial charge in [-0.15, -0.1) is 0 Å². The molecule has 0 radical (unpaired) electrons. The molecule has 0 amide bonds. The van der Waals surface area contributed by atoms with Crippen LogP contribution in [0.5, 0.6) is 0 Å². The van der Waals surface area contributed by atoms with E-state index in [-0.39, 0.29) is 0 Å². The predicted octanol–water partition coefficient (Wildman–Crippen LogP) is 5.10. The molecule has 2 unspecified atom stereocenters. The number of nitrogens with one attached hydrogen (secondary N) is 1. The number of hydrogen-bond acceptors (Lipinski definition) is 1. The maximum absolute atomic E-state index is 3.79. The monoisotopic (exact) mass is 329 g/mol. The molecule has 0 aromatic heterocycles. The topological polar surface area (TPSA) is 12.0 Å². The van der Waals surface area contributed by atoms with Crippen LogP contribution in [0.25, 0.3) is 0 Å². The highest BCUT2D eigenvalue weighted by atomic mass is 79.9. The van der Waals surface area contributed by atoms with E-state index in [2.05, 4.69) is 77.6 Å². The summed E-state index contributed by atoms with van der Waals surface area (Å²) in [4.78, 5) is 0. The van der Waals surface area contributed by atoms with Crippen LogP contribution in [0, 0.1) is 6.92 Å². The van der Waals surface area contributed by atoms with Gasteiger partial charge in [0, 0.05) is 16.6 Å². The quantitative estimate of drug-likeness (QED) is 0.826. The zero-order valence-corrected chi connectivity index (χ0v) is 13.6. The molecule has 0 spiro atoms. The Bertz CT molecular complexity index is 621. The smallest absolute Gasteiger partial charge is 0.0331 e. The summed E-state index contributed by atoms with van der Waals surface area (Å²) in [5.41, 5.74) is 5.68. The van der Waals surface area contributed by atoms with Gasteiger partial charge >= 0.3 is 0 Å². The SMILES string of the molecule is Cc1ccc2c(c1)C(NC(C)c1ccccc1Br)CC2. The molecule has 104 valence electrons. The highest BCUT2D eigenvalue weighted by Crippen LogP contribution is 2.34. The first-order valence-electron chi connectivity index (χ1n) is 7.25. The lowest BCUT2D eigenvalue weighted by molar-refractivity contribution is 0.464. The second-order valence-electron chi connectivity index (χ2n) is 5.70. The Morgan fingerprint density at radius 1 is 1.20 bits per heavy atom. The summed E-state index contributed by atoms with van der Waals surface area (Å²) in [6.07, 6.45) is 2.39. The van der Waals surface area contributed by atoms with Crippen molar-refractivity contribution < 1.29 is 0 Å². The average Bonchev–Trinajstić information content (AvgIpc) is 2.82. The maximum atomic E-state index is 3.79. The number of aryl methyl sites for hydroxylation is 2. The lowest BCUT2D eigenvalue weighted by Gasteiger charge is -2.22. The van der Waals surface area contributed by atoms with Crippen molar-refractivity contribution in [1.29, 1.82) is 0 Å². The van der Waals surface area contributed by atoms with Gasteiger partial charge < -0.3 is 5.32 Å². The van der Waals surface area contributed by atoms with Crippen LogP contribution in [0.1, 0.15) is 47.7 Å². The van der Waals surface area contributed by atoms with Crippen LogP contribution in [0.4, 0.5) is 0 Å². The van der Waals surface area contributed by atoms with Gasteiger partial charge in [-0.2, -0.15) is 0 Å². The van der Waals surface area contributed by atoms with Gasteiger partial charge in [-0.3, -0.25) is 0 Å². The van der Waals surface area contributed by atoms with Gasteiger partial charge in [-0.25, -0.2) is 0 Å². The summed E-state index contributed by atoms with van der Waals surface area (Å²) >= 11 is 3.65. The first-order valence-corrected chi connectivity index (χ1v) is 8.04. The predicted molar refractivity (Wildman–Crippen MR) is 87.9 cm³/mol. The fourth-order valence-corrected chi connectivity index (χ4v) is 3.74. The van der Waals surface area contributed by atoms with E-state index in [4.69, 9.17) is 0 Å². The molecule has 20 heavy (non-hydrogen) atoms. The second-order valence-corrected chi connectivity index (χ2v) is 6.56. The highest BCUT2D eigenvalue weighted by molar-refractivity contribution is 9.10. The standard InChI is InChI=1S/C18H20BrN/c1-12-7-8-14-9-10-18(16(14)11-12)20-13(2)15-5-3-4-6-17(15)19/h3-8,11,13,18,20H,9-10H2,1-2H3. The molecular formula is C18H20BrN. The fraction of sp³-hybridized carbons (Fsp3) is 0.333. The number of fused-ring (bicyclic) bond motifs is 1. The molecule has 1 aliphatic rings. The van der Waals surface area contributed by atoms with E-state index in [0.29, 0.717) is 12.1 Å². The zero-order chi connectivity index (χ0) is 14.1. The van der Waals surface area contributed by atoms with Crippen molar-refractivity contribution in [2.45, 2.75) is 38.8 Å². The first-order chi connectivity index (χ1) is 9.65. The van der Waals surface area contributed by atoms with Gasteiger partial charge in [0.1, 0.15) is 0 Å². The summed E-state index contributed by atoms with van der Waals surface area (Å²) in [5, 5.41) is 3.79. The van der Waals surface area contributed by atoms with Crippen LogP contribution in [0.15, 0.2) is 46.9 Å². The molecular weight excluding hydrogens is 310 g/mol. The van der Waals surface area contributed by atoms with Crippen LogP contribution in [0.3, 0.4) is 0 Å². The Morgan fingerprint density at radius 2 is 2.00 bits per heavy atom. The van der Waals surface area contributed by atoms with E-state index in [1.54, 1.807) is 0 Å². The largest absolute Gasteiger partial charge is 0.303 e. The molecule has 2 heteroatoms. The average molecular weight is 330 g/mol. The second kappa shape index (κ2) is 5.71. The van der Waals surface area contributed by atoms with Crippen molar-refractivity contribution in [1.82, 2.24) is 5.32 Å². The fourth-order valence-electron chi connectivity index (χ4n) is 3.11. The molecule has 1 aliphatic carbocycles. The number of hydrogen-bond donors (Lipinski definition) is 1. The Labute approximate surface area is 129 Å². The van der Waals surface area contributed by atoms with Crippen LogP contribution >= 0.6 is 15.9 Å². The van der Waals surface area contributed by atoms with Crippen molar-refractivity contribution in [3.05, 3.63) is 69.2 Å². The van der Waals surface area contributed by atoms with Crippen LogP contribution < -0.4 is 5.32 Å².